The van der Waals surface area contributed by atoms with Crippen LogP contribution < -0.4 is 5.32 Å². The Bertz CT molecular complexity index is 322. The molecule has 0 radical (unpaired) electrons. The number of rotatable bonds is 8. The summed E-state index contributed by atoms with van der Waals surface area (Å²) in [6.45, 7) is 7.81. The minimum Gasteiger partial charge on any atom is -0.389 e. The van der Waals surface area contributed by atoms with Crippen molar-refractivity contribution in [2.45, 2.75) is 45.9 Å². The number of aliphatic hydroxyl groups is 1. The molecular formula is C15H25NO2. The molecule has 1 rings (SSSR count). The maximum absolute atomic E-state index is 9.67. The van der Waals surface area contributed by atoms with Gasteiger partial charge in [0.15, 0.2) is 0 Å². The second-order valence-electron chi connectivity index (χ2n) is 4.84. The average Bonchev–Trinajstić information content (AvgIpc) is 2.37. The highest BCUT2D eigenvalue weighted by molar-refractivity contribution is 5.22. The molecule has 3 nitrogen and oxygen atoms in total. The van der Waals surface area contributed by atoms with Gasteiger partial charge in [-0.1, -0.05) is 31.2 Å². The number of aryl methyl sites for hydroxylation is 1. The summed E-state index contributed by atoms with van der Waals surface area (Å²) in [5.74, 6) is 0. The molecule has 0 heterocycles. The molecule has 0 aliphatic heterocycles. The van der Waals surface area contributed by atoms with Crippen LogP contribution in [0, 0.1) is 0 Å². The van der Waals surface area contributed by atoms with Crippen molar-refractivity contribution < 1.29 is 9.84 Å². The van der Waals surface area contributed by atoms with E-state index in [1.807, 2.05) is 13.8 Å². The van der Waals surface area contributed by atoms with E-state index in [9.17, 15) is 5.11 Å². The van der Waals surface area contributed by atoms with Gasteiger partial charge >= 0.3 is 0 Å². The van der Waals surface area contributed by atoms with E-state index < -0.39 is 6.10 Å². The van der Waals surface area contributed by atoms with Crippen molar-refractivity contribution in [3.8, 4) is 0 Å². The van der Waals surface area contributed by atoms with Crippen molar-refractivity contribution in [2.75, 3.05) is 13.2 Å². The molecule has 0 aliphatic rings. The number of aliphatic hydroxyl groups excluding tert-OH is 1. The zero-order valence-electron chi connectivity index (χ0n) is 11.6. The second-order valence-corrected chi connectivity index (χ2v) is 4.84. The fraction of sp³-hybridized carbons (Fsp3) is 0.600. The molecule has 0 amide bonds. The highest BCUT2D eigenvalue weighted by Crippen LogP contribution is 2.04. The minimum atomic E-state index is -0.442. The molecule has 0 saturated carbocycles. The quantitative estimate of drug-likeness (QED) is 0.743. The van der Waals surface area contributed by atoms with Crippen molar-refractivity contribution >= 4 is 0 Å². The van der Waals surface area contributed by atoms with Crippen molar-refractivity contribution in [3.05, 3.63) is 35.4 Å². The van der Waals surface area contributed by atoms with E-state index >= 15 is 0 Å². The fourth-order valence-corrected chi connectivity index (χ4v) is 1.64. The molecule has 2 N–H and O–H groups in total. The number of ether oxygens (including phenoxy) is 1. The molecule has 1 atom stereocenters. The van der Waals surface area contributed by atoms with Crippen molar-refractivity contribution in [3.63, 3.8) is 0 Å². The van der Waals surface area contributed by atoms with Crippen LogP contribution in [-0.4, -0.2) is 30.5 Å². The van der Waals surface area contributed by atoms with Crippen molar-refractivity contribution in [1.82, 2.24) is 5.32 Å². The summed E-state index contributed by atoms with van der Waals surface area (Å²) < 4.78 is 5.35. The Morgan fingerprint density at radius 1 is 1.17 bits per heavy atom. The molecule has 0 aromatic heterocycles. The summed E-state index contributed by atoms with van der Waals surface area (Å²) in [6, 6.07) is 8.55. The van der Waals surface area contributed by atoms with Crippen LogP contribution in [0.5, 0.6) is 0 Å². The Morgan fingerprint density at radius 2 is 1.78 bits per heavy atom. The first kappa shape index (κ1) is 15.2. The molecule has 102 valence electrons. The number of nitrogens with one attached hydrogen (secondary N) is 1. The SMILES string of the molecule is CCc1ccc(CNCC(O)COC(C)C)cc1. The lowest BCUT2D eigenvalue weighted by atomic mass is 10.1. The normalized spacial score (nSPS) is 12.9. The molecule has 1 unspecified atom stereocenters. The molecule has 0 aliphatic carbocycles. The molecule has 18 heavy (non-hydrogen) atoms. The molecule has 0 saturated heterocycles. The van der Waals surface area contributed by atoms with E-state index in [0.29, 0.717) is 13.2 Å². The van der Waals surface area contributed by atoms with Crippen LogP contribution in [0.4, 0.5) is 0 Å². The summed E-state index contributed by atoms with van der Waals surface area (Å²) in [5.41, 5.74) is 2.59. The van der Waals surface area contributed by atoms with E-state index in [-0.39, 0.29) is 6.10 Å². The van der Waals surface area contributed by atoms with Gasteiger partial charge in [-0.05, 0) is 31.4 Å². The third kappa shape index (κ3) is 6.15. The Kier molecular flexibility index (Phi) is 6.94. The van der Waals surface area contributed by atoms with Gasteiger partial charge in [-0.2, -0.15) is 0 Å². The molecule has 0 fully saturated rings. The van der Waals surface area contributed by atoms with E-state index in [2.05, 4.69) is 36.5 Å². The lowest BCUT2D eigenvalue weighted by Gasteiger charge is -2.14. The van der Waals surface area contributed by atoms with E-state index in [1.165, 1.54) is 11.1 Å². The van der Waals surface area contributed by atoms with Gasteiger partial charge in [0.1, 0.15) is 0 Å². The van der Waals surface area contributed by atoms with Crippen LogP contribution in [0.15, 0.2) is 24.3 Å². The van der Waals surface area contributed by atoms with Crippen molar-refractivity contribution in [2.24, 2.45) is 0 Å². The maximum atomic E-state index is 9.67. The van der Waals surface area contributed by atoms with Crippen LogP contribution in [-0.2, 0) is 17.7 Å². The van der Waals surface area contributed by atoms with Gasteiger partial charge in [0.05, 0.1) is 18.8 Å². The molecule has 0 spiro atoms. The van der Waals surface area contributed by atoms with E-state index in [0.717, 1.165) is 13.0 Å². The predicted octanol–water partition coefficient (Wildman–Crippen LogP) is 2.12. The first-order valence-corrected chi connectivity index (χ1v) is 6.70. The van der Waals surface area contributed by atoms with Crippen molar-refractivity contribution in [1.29, 1.82) is 0 Å². The van der Waals surface area contributed by atoms with E-state index in [1.54, 1.807) is 0 Å². The van der Waals surface area contributed by atoms with Gasteiger partial charge in [-0.15, -0.1) is 0 Å². The highest BCUT2D eigenvalue weighted by atomic mass is 16.5. The zero-order chi connectivity index (χ0) is 13.4. The predicted molar refractivity (Wildman–Crippen MR) is 74.6 cm³/mol. The van der Waals surface area contributed by atoms with Crippen LogP contribution in [0.2, 0.25) is 0 Å². The Balaban J connectivity index is 2.20. The van der Waals surface area contributed by atoms with Gasteiger partial charge in [-0.3, -0.25) is 0 Å². The standard InChI is InChI=1S/C15H25NO2/c1-4-13-5-7-14(8-6-13)9-16-10-15(17)11-18-12(2)3/h5-8,12,15-17H,4,9-11H2,1-3H3. The van der Waals surface area contributed by atoms with Gasteiger partial charge in [-0.25, -0.2) is 0 Å². The largest absolute Gasteiger partial charge is 0.389 e. The van der Waals surface area contributed by atoms with Crippen LogP contribution in [0.3, 0.4) is 0 Å². The third-order valence-corrected chi connectivity index (χ3v) is 2.76. The minimum absolute atomic E-state index is 0.168. The van der Waals surface area contributed by atoms with Crippen LogP contribution in [0.1, 0.15) is 31.9 Å². The van der Waals surface area contributed by atoms with Gasteiger partial charge < -0.3 is 15.2 Å². The van der Waals surface area contributed by atoms with Gasteiger partial charge in [0.2, 0.25) is 0 Å². The Labute approximate surface area is 110 Å². The molecule has 1 aromatic carbocycles. The first-order valence-electron chi connectivity index (χ1n) is 6.70. The molecule has 3 heteroatoms. The second kappa shape index (κ2) is 8.25. The Hall–Kier alpha value is -0.900. The summed E-state index contributed by atoms with van der Waals surface area (Å²) in [7, 11) is 0. The number of benzene rings is 1. The number of hydrogen-bond acceptors (Lipinski definition) is 3. The van der Waals surface area contributed by atoms with Gasteiger partial charge in [0.25, 0.3) is 0 Å². The first-order chi connectivity index (χ1) is 8.61. The third-order valence-electron chi connectivity index (χ3n) is 2.76. The Morgan fingerprint density at radius 3 is 2.33 bits per heavy atom. The molecular weight excluding hydrogens is 226 g/mol. The maximum Gasteiger partial charge on any atom is 0.0897 e. The summed E-state index contributed by atoms with van der Waals surface area (Å²) in [5, 5.41) is 12.9. The number of hydrogen-bond donors (Lipinski definition) is 2. The molecule has 1 aromatic rings. The zero-order valence-corrected chi connectivity index (χ0v) is 11.6. The summed E-state index contributed by atoms with van der Waals surface area (Å²) >= 11 is 0. The molecule has 0 bridgehead atoms. The topological polar surface area (TPSA) is 41.5 Å². The van der Waals surface area contributed by atoms with E-state index in [4.69, 9.17) is 4.74 Å². The fourth-order valence-electron chi connectivity index (χ4n) is 1.64. The highest BCUT2D eigenvalue weighted by Gasteiger charge is 2.05. The average molecular weight is 251 g/mol. The summed E-state index contributed by atoms with van der Waals surface area (Å²) in [6.07, 6.45) is 0.794. The van der Waals surface area contributed by atoms with Crippen LogP contribution in [0.25, 0.3) is 0 Å². The lowest BCUT2D eigenvalue weighted by molar-refractivity contribution is 0.00630. The monoisotopic (exact) mass is 251 g/mol. The smallest absolute Gasteiger partial charge is 0.0897 e. The lowest BCUT2D eigenvalue weighted by Crippen LogP contribution is -2.31. The summed E-state index contributed by atoms with van der Waals surface area (Å²) in [4.78, 5) is 0. The van der Waals surface area contributed by atoms with Crippen LogP contribution >= 0.6 is 0 Å². The van der Waals surface area contributed by atoms with Gasteiger partial charge in [0, 0.05) is 13.1 Å².